The van der Waals surface area contributed by atoms with Crippen LogP contribution in [-0.4, -0.2) is 53.8 Å². The Morgan fingerprint density at radius 1 is 1.18 bits per heavy atom. The van der Waals surface area contributed by atoms with Crippen molar-refractivity contribution >= 4 is 17.5 Å². The van der Waals surface area contributed by atoms with Crippen LogP contribution in [0.2, 0.25) is 0 Å². The van der Waals surface area contributed by atoms with E-state index in [0.29, 0.717) is 37.4 Å². The molecule has 1 saturated heterocycles. The van der Waals surface area contributed by atoms with Gasteiger partial charge in [0.2, 0.25) is 11.8 Å². The molecule has 6 heteroatoms. The second kappa shape index (κ2) is 7.05. The Labute approximate surface area is 130 Å². The van der Waals surface area contributed by atoms with E-state index < -0.39 is 0 Å². The van der Waals surface area contributed by atoms with E-state index in [9.17, 15) is 9.59 Å². The van der Waals surface area contributed by atoms with Gasteiger partial charge in [-0.2, -0.15) is 5.26 Å². The van der Waals surface area contributed by atoms with Crippen molar-refractivity contribution in [1.29, 1.82) is 5.26 Å². The van der Waals surface area contributed by atoms with Crippen LogP contribution in [0.5, 0.6) is 0 Å². The highest BCUT2D eigenvalue weighted by molar-refractivity contribution is 5.94. The zero-order valence-electron chi connectivity index (χ0n) is 12.9. The van der Waals surface area contributed by atoms with Gasteiger partial charge in [0.1, 0.15) is 0 Å². The molecule has 2 amide bonds. The van der Waals surface area contributed by atoms with E-state index in [1.54, 1.807) is 36.1 Å². The van der Waals surface area contributed by atoms with Crippen LogP contribution in [0.25, 0.3) is 0 Å². The summed E-state index contributed by atoms with van der Waals surface area (Å²) in [5.74, 6) is -0.00433. The van der Waals surface area contributed by atoms with Crippen molar-refractivity contribution in [3.63, 3.8) is 0 Å². The molecule has 1 N–H and O–H groups in total. The maximum Gasteiger partial charge on any atom is 0.241 e. The van der Waals surface area contributed by atoms with E-state index in [-0.39, 0.29) is 17.9 Å². The first-order valence-electron chi connectivity index (χ1n) is 7.32. The fourth-order valence-electron chi connectivity index (χ4n) is 2.46. The summed E-state index contributed by atoms with van der Waals surface area (Å²) in [5, 5.41) is 11.6. The summed E-state index contributed by atoms with van der Waals surface area (Å²) in [5.41, 5.74) is 1.24. The number of benzene rings is 1. The van der Waals surface area contributed by atoms with Crippen molar-refractivity contribution in [2.45, 2.75) is 19.9 Å². The Balaban J connectivity index is 1.89. The number of hydrogen-bond acceptors (Lipinski definition) is 4. The highest BCUT2D eigenvalue weighted by atomic mass is 16.2. The maximum atomic E-state index is 12.3. The van der Waals surface area contributed by atoms with Crippen LogP contribution in [0.1, 0.15) is 19.4 Å². The number of carbonyl (C=O) groups excluding carboxylic acids is 2. The van der Waals surface area contributed by atoms with Crippen LogP contribution in [0.15, 0.2) is 24.3 Å². The minimum atomic E-state index is -0.259. The summed E-state index contributed by atoms with van der Waals surface area (Å²) in [6, 6.07) is 8.57. The fourth-order valence-corrected chi connectivity index (χ4v) is 2.46. The number of piperazine rings is 1. The lowest BCUT2D eigenvalue weighted by Crippen LogP contribution is -2.53. The Morgan fingerprint density at radius 2 is 1.77 bits per heavy atom. The number of carbonyl (C=O) groups is 2. The molecule has 1 aromatic carbocycles. The van der Waals surface area contributed by atoms with E-state index in [0.717, 1.165) is 0 Å². The van der Waals surface area contributed by atoms with Gasteiger partial charge in [-0.3, -0.25) is 14.5 Å². The molecule has 6 nitrogen and oxygen atoms in total. The standard InChI is InChI=1S/C16H20N4O2/c1-12(19-7-9-20(10-8-19)13(2)21)16(22)18-15-5-3-14(11-17)4-6-15/h3-6,12H,7-10H2,1-2H3,(H,18,22). The molecule has 1 fully saturated rings. The van der Waals surface area contributed by atoms with Crippen LogP contribution in [0.3, 0.4) is 0 Å². The van der Waals surface area contributed by atoms with Crippen molar-refractivity contribution in [3.05, 3.63) is 29.8 Å². The molecular formula is C16H20N4O2. The smallest absolute Gasteiger partial charge is 0.241 e. The molecule has 1 aliphatic rings. The summed E-state index contributed by atoms with van der Waals surface area (Å²) < 4.78 is 0. The molecule has 2 rings (SSSR count). The number of amides is 2. The molecule has 0 saturated carbocycles. The summed E-state index contributed by atoms with van der Waals surface area (Å²) in [6.07, 6.45) is 0. The highest BCUT2D eigenvalue weighted by Crippen LogP contribution is 2.12. The highest BCUT2D eigenvalue weighted by Gasteiger charge is 2.26. The van der Waals surface area contributed by atoms with Crippen LogP contribution >= 0.6 is 0 Å². The largest absolute Gasteiger partial charge is 0.340 e. The predicted molar refractivity (Wildman–Crippen MR) is 83.1 cm³/mol. The summed E-state index contributed by atoms with van der Waals surface area (Å²) in [6.45, 7) is 6.13. The van der Waals surface area contributed by atoms with Gasteiger partial charge >= 0.3 is 0 Å². The summed E-state index contributed by atoms with van der Waals surface area (Å²) in [4.78, 5) is 27.5. The molecule has 1 unspecified atom stereocenters. The van der Waals surface area contributed by atoms with Gasteiger partial charge in [0.05, 0.1) is 17.7 Å². The fraction of sp³-hybridized carbons (Fsp3) is 0.438. The molecule has 0 aliphatic carbocycles. The third-order valence-electron chi connectivity index (χ3n) is 3.97. The number of rotatable bonds is 3. The molecule has 1 aromatic rings. The third kappa shape index (κ3) is 3.83. The molecule has 0 aromatic heterocycles. The van der Waals surface area contributed by atoms with Crippen molar-refractivity contribution in [3.8, 4) is 6.07 Å². The second-order valence-corrected chi connectivity index (χ2v) is 5.40. The Morgan fingerprint density at radius 3 is 2.27 bits per heavy atom. The van der Waals surface area contributed by atoms with Crippen molar-refractivity contribution in [1.82, 2.24) is 9.80 Å². The van der Waals surface area contributed by atoms with Gasteiger partial charge in [-0.25, -0.2) is 0 Å². The van der Waals surface area contributed by atoms with Gasteiger partial charge < -0.3 is 10.2 Å². The number of nitriles is 1. The van der Waals surface area contributed by atoms with Crippen molar-refractivity contribution < 1.29 is 9.59 Å². The SMILES string of the molecule is CC(=O)N1CCN(C(C)C(=O)Nc2ccc(C#N)cc2)CC1. The van der Waals surface area contributed by atoms with Crippen molar-refractivity contribution in [2.75, 3.05) is 31.5 Å². The third-order valence-corrected chi connectivity index (χ3v) is 3.97. The average Bonchev–Trinajstić information content (AvgIpc) is 2.55. The number of nitrogens with zero attached hydrogens (tertiary/aromatic N) is 3. The quantitative estimate of drug-likeness (QED) is 0.905. The van der Waals surface area contributed by atoms with Crippen LogP contribution in [0.4, 0.5) is 5.69 Å². The zero-order valence-corrected chi connectivity index (χ0v) is 12.9. The zero-order chi connectivity index (χ0) is 16.1. The second-order valence-electron chi connectivity index (χ2n) is 5.40. The van der Waals surface area contributed by atoms with Crippen LogP contribution in [-0.2, 0) is 9.59 Å². The van der Waals surface area contributed by atoms with Crippen LogP contribution in [0, 0.1) is 11.3 Å². The summed E-state index contributed by atoms with van der Waals surface area (Å²) in [7, 11) is 0. The molecule has 0 bridgehead atoms. The number of anilines is 1. The predicted octanol–water partition coefficient (Wildman–Crippen LogP) is 1.05. The van der Waals surface area contributed by atoms with E-state index in [2.05, 4.69) is 10.2 Å². The summed E-state index contributed by atoms with van der Waals surface area (Å²) >= 11 is 0. The Kier molecular flexibility index (Phi) is 5.12. The average molecular weight is 300 g/mol. The molecule has 0 radical (unpaired) electrons. The Hall–Kier alpha value is -2.39. The molecule has 1 atom stereocenters. The lowest BCUT2D eigenvalue weighted by Gasteiger charge is -2.37. The molecule has 0 spiro atoms. The van der Waals surface area contributed by atoms with E-state index in [1.165, 1.54) is 0 Å². The normalized spacial score (nSPS) is 16.7. The first-order chi connectivity index (χ1) is 10.5. The van der Waals surface area contributed by atoms with Crippen molar-refractivity contribution in [2.24, 2.45) is 0 Å². The molecule has 116 valence electrons. The lowest BCUT2D eigenvalue weighted by molar-refractivity contribution is -0.131. The molecule has 1 heterocycles. The van der Waals surface area contributed by atoms with Gasteiger partial charge in [0.15, 0.2) is 0 Å². The van der Waals surface area contributed by atoms with Gasteiger partial charge in [-0.1, -0.05) is 0 Å². The Bertz CT molecular complexity index is 583. The van der Waals surface area contributed by atoms with E-state index in [4.69, 9.17) is 5.26 Å². The molecular weight excluding hydrogens is 280 g/mol. The number of nitrogens with one attached hydrogen (secondary N) is 1. The van der Waals surface area contributed by atoms with E-state index >= 15 is 0 Å². The first-order valence-corrected chi connectivity index (χ1v) is 7.32. The van der Waals surface area contributed by atoms with Gasteiger partial charge in [-0.15, -0.1) is 0 Å². The minimum Gasteiger partial charge on any atom is -0.340 e. The topological polar surface area (TPSA) is 76.4 Å². The molecule has 22 heavy (non-hydrogen) atoms. The van der Waals surface area contributed by atoms with Crippen LogP contribution < -0.4 is 5.32 Å². The maximum absolute atomic E-state index is 12.3. The minimum absolute atomic E-state index is 0.0781. The molecule has 1 aliphatic heterocycles. The first kappa shape index (κ1) is 16.0. The van der Waals surface area contributed by atoms with Gasteiger partial charge in [0, 0.05) is 38.8 Å². The van der Waals surface area contributed by atoms with Gasteiger partial charge in [0.25, 0.3) is 0 Å². The monoisotopic (exact) mass is 300 g/mol. The van der Waals surface area contributed by atoms with E-state index in [1.807, 2.05) is 13.0 Å². The lowest BCUT2D eigenvalue weighted by atomic mass is 10.2. The number of hydrogen-bond donors (Lipinski definition) is 1. The van der Waals surface area contributed by atoms with Gasteiger partial charge in [-0.05, 0) is 31.2 Å².